The van der Waals surface area contributed by atoms with Crippen LogP contribution in [0.15, 0.2) is 35.1 Å². The predicted molar refractivity (Wildman–Crippen MR) is 93.7 cm³/mol. The van der Waals surface area contributed by atoms with Gasteiger partial charge in [0, 0.05) is 29.8 Å². The van der Waals surface area contributed by atoms with E-state index >= 15 is 0 Å². The Labute approximate surface area is 137 Å². The fraction of sp³-hybridized carbons (Fsp3) is 0.450. The number of aromatic nitrogens is 1. The first-order valence-corrected chi connectivity index (χ1v) is 8.69. The minimum Gasteiger partial charge on any atom is -0.310 e. The van der Waals surface area contributed by atoms with Gasteiger partial charge in [0.2, 0.25) is 0 Å². The third kappa shape index (κ3) is 2.98. The second kappa shape index (κ2) is 5.64. The average Bonchev–Trinajstić information content (AvgIpc) is 3.42. The number of aryl methyl sites for hydroxylation is 2. The van der Waals surface area contributed by atoms with Gasteiger partial charge in [-0.05, 0) is 57.2 Å². The van der Waals surface area contributed by atoms with Gasteiger partial charge in [-0.1, -0.05) is 23.8 Å². The van der Waals surface area contributed by atoms with E-state index in [1.165, 1.54) is 29.5 Å². The van der Waals surface area contributed by atoms with Crippen LogP contribution in [0.25, 0.3) is 11.3 Å². The summed E-state index contributed by atoms with van der Waals surface area (Å²) in [4.78, 5) is 13.0. The highest BCUT2D eigenvalue weighted by Crippen LogP contribution is 2.38. The summed E-state index contributed by atoms with van der Waals surface area (Å²) < 4.78 is 2.05. The summed E-state index contributed by atoms with van der Waals surface area (Å²) in [7, 11) is 0. The van der Waals surface area contributed by atoms with Crippen LogP contribution >= 0.6 is 0 Å². The van der Waals surface area contributed by atoms with Crippen molar-refractivity contribution in [1.29, 1.82) is 0 Å². The van der Waals surface area contributed by atoms with Gasteiger partial charge >= 0.3 is 0 Å². The molecule has 0 unspecified atom stereocenters. The van der Waals surface area contributed by atoms with Gasteiger partial charge in [0.05, 0.1) is 5.69 Å². The summed E-state index contributed by atoms with van der Waals surface area (Å²) in [5.41, 5.74) is 5.83. The zero-order chi connectivity index (χ0) is 16.0. The Kier molecular flexibility index (Phi) is 3.61. The van der Waals surface area contributed by atoms with Crippen molar-refractivity contribution in [3.05, 3.63) is 57.4 Å². The SMILES string of the molecule is Cc1ccc(C)c(-c2ccc(CNC3CC3)c(=O)n2C2CC2)c1. The van der Waals surface area contributed by atoms with Gasteiger partial charge in [0.15, 0.2) is 0 Å². The third-order valence-corrected chi connectivity index (χ3v) is 4.94. The van der Waals surface area contributed by atoms with Crippen molar-refractivity contribution in [3.63, 3.8) is 0 Å². The lowest BCUT2D eigenvalue weighted by atomic mass is 10.0. The summed E-state index contributed by atoms with van der Waals surface area (Å²) in [6, 6.07) is 11.7. The molecular formula is C20H24N2O. The molecule has 2 aliphatic carbocycles. The molecule has 0 atom stereocenters. The van der Waals surface area contributed by atoms with E-state index in [4.69, 9.17) is 0 Å². The molecule has 0 saturated heterocycles. The number of nitrogens with zero attached hydrogens (tertiary/aromatic N) is 1. The van der Waals surface area contributed by atoms with Crippen molar-refractivity contribution >= 4 is 0 Å². The molecule has 4 rings (SSSR count). The van der Waals surface area contributed by atoms with Gasteiger partial charge in [-0.3, -0.25) is 4.79 Å². The highest BCUT2D eigenvalue weighted by atomic mass is 16.1. The largest absolute Gasteiger partial charge is 0.310 e. The molecule has 0 radical (unpaired) electrons. The molecule has 1 N–H and O–H groups in total. The summed E-state index contributed by atoms with van der Waals surface area (Å²) in [6.45, 7) is 4.93. The van der Waals surface area contributed by atoms with Crippen molar-refractivity contribution in [1.82, 2.24) is 9.88 Å². The van der Waals surface area contributed by atoms with Crippen LogP contribution in [-0.4, -0.2) is 10.6 Å². The van der Waals surface area contributed by atoms with Gasteiger partial charge in [-0.2, -0.15) is 0 Å². The lowest BCUT2D eigenvalue weighted by molar-refractivity contribution is 0.654. The third-order valence-electron chi connectivity index (χ3n) is 4.94. The zero-order valence-corrected chi connectivity index (χ0v) is 13.9. The molecule has 0 amide bonds. The second-order valence-corrected chi connectivity index (χ2v) is 7.12. The first kappa shape index (κ1) is 14.7. The average molecular weight is 308 g/mol. The van der Waals surface area contributed by atoms with E-state index < -0.39 is 0 Å². The topological polar surface area (TPSA) is 34.0 Å². The minimum atomic E-state index is 0.194. The molecule has 1 aromatic heterocycles. The van der Waals surface area contributed by atoms with Crippen LogP contribution < -0.4 is 10.9 Å². The van der Waals surface area contributed by atoms with Crippen LogP contribution in [0.3, 0.4) is 0 Å². The van der Waals surface area contributed by atoms with Crippen LogP contribution in [0.2, 0.25) is 0 Å². The maximum absolute atomic E-state index is 13.0. The van der Waals surface area contributed by atoms with E-state index in [1.54, 1.807) is 0 Å². The van der Waals surface area contributed by atoms with Crippen LogP contribution in [-0.2, 0) is 6.54 Å². The highest BCUT2D eigenvalue weighted by Gasteiger charge is 2.28. The molecule has 3 nitrogen and oxygen atoms in total. The molecule has 0 aliphatic heterocycles. The fourth-order valence-corrected chi connectivity index (χ4v) is 3.20. The minimum absolute atomic E-state index is 0.194. The maximum Gasteiger partial charge on any atom is 0.255 e. The number of hydrogen-bond donors (Lipinski definition) is 1. The van der Waals surface area contributed by atoms with Crippen LogP contribution in [0.1, 0.15) is 48.4 Å². The number of hydrogen-bond acceptors (Lipinski definition) is 2. The van der Waals surface area contributed by atoms with Gasteiger partial charge < -0.3 is 9.88 Å². The molecule has 2 fully saturated rings. The van der Waals surface area contributed by atoms with Gasteiger partial charge in [0.1, 0.15) is 0 Å². The Hall–Kier alpha value is -1.87. The molecule has 2 aromatic rings. The number of pyridine rings is 1. The second-order valence-electron chi connectivity index (χ2n) is 7.12. The number of rotatable bonds is 5. The van der Waals surface area contributed by atoms with Crippen LogP contribution in [0, 0.1) is 13.8 Å². The Morgan fingerprint density at radius 2 is 1.87 bits per heavy atom. The summed E-state index contributed by atoms with van der Waals surface area (Å²) in [6.07, 6.45) is 4.74. The standard InChI is InChI=1S/C20H24N2O/c1-13-3-4-14(2)18(11-13)19-10-5-15(12-21-16-6-7-16)20(23)22(19)17-8-9-17/h3-5,10-11,16-17,21H,6-9,12H2,1-2H3. The molecule has 0 bridgehead atoms. The van der Waals surface area contributed by atoms with Crippen molar-refractivity contribution in [2.24, 2.45) is 0 Å². The quantitative estimate of drug-likeness (QED) is 0.913. The number of nitrogens with one attached hydrogen (secondary N) is 1. The lowest BCUT2D eigenvalue weighted by Crippen LogP contribution is -2.28. The molecule has 120 valence electrons. The molecule has 0 spiro atoms. The van der Waals surface area contributed by atoms with Crippen LogP contribution in [0.4, 0.5) is 0 Å². The fourth-order valence-electron chi connectivity index (χ4n) is 3.20. The normalized spacial score (nSPS) is 17.5. The zero-order valence-electron chi connectivity index (χ0n) is 13.9. The van der Waals surface area contributed by atoms with E-state index in [9.17, 15) is 4.79 Å². The summed E-state index contributed by atoms with van der Waals surface area (Å²) >= 11 is 0. The highest BCUT2D eigenvalue weighted by molar-refractivity contribution is 5.65. The summed E-state index contributed by atoms with van der Waals surface area (Å²) in [5.74, 6) is 0. The van der Waals surface area contributed by atoms with Crippen molar-refractivity contribution in [3.8, 4) is 11.3 Å². The van der Waals surface area contributed by atoms with E-state index in [2.05, 4.69) is 43.4 Å². The molecule has 1 aromatic carbocycles. The van der Waals surface area contributed by atoms with E-state index in [-0.39, 0.29) is 5.56 Å². The number of benzene rings is 1. The molecular weight excluding hydrogens is 284 g/mol. The van der Waals surface area contributed by atoms with E-state index in [0.29, 0.717) is 18.6 Å². The molecule has 23 heavy (non-hydrogen) atoms. The van der Waals surface area contributed by atoms with Crippen molar-refractivity contribution in [2.75, 3.05) is 0 Å². The summed E-state index contributed by atoms with van der Waals surface area (Å²) in [5, 5.41) is 3.47. The first-order chi connectivity index (χ1) is 11.1. The van der Waals surface area contributed by atoms with Gasteiger partial charge in [-0.15, -0.1) is 0 Å². The van der Waals surface area contributed by atoms with Crippen molar-refractivity contribution < 1.29 is 0 Å². The maximum atomic E-state index is 13.0. The smallest absolute Gasteiger partial charge is 0.255 e. The Bertz CT molecular complexity index is 798. The van der Waals surface area contributed by atoms with Crippen LogP contribution in [0.5, 0.6) is 0 Å². The lowest BCUT2D eigenvalue weighted by Gasteiger charge is -2.16. The Morgan fingerprint density at radius 1 is 1.09 bits per heavy atom. The Morgan fingerprint density at radius 3 is 2.57 bits per heavy atom. The first-order valence-electron chi connectivity index (χ1n) is 8.69. The van der Waals surface area contributed by atoms with Crippen molar-refractivity contribution in [2.45, 2.75) is 58.2 Å². The van der Waals surface area contributed by atoms with Gasteiger partial charge in [0.25, 0.3) is 5.56 Å². The molecule has 1 heterocycles. The van der Waals surface area contributed by atoms with E-state index in [1.807, 2.05) is 10.6 Å². The van der Waals surface area contributed by atoms with Gasteiger partial charge in [-0.25, -0.2) is 0 Å². The van der Waals surface area contributed by atoms with E-state index in [0.717, 1.165) is 24.1 Å². The Balaban J connectivity index is 1.78. The monoisotopic (exact) mass is 308 g/mol. The molecule has 2 aliphatic rings. The molecule has 2 saturated carbocycles. The predicted octanol–water partition coefficient (Wildman–Crippen LogP) is 3.72. The molecule has 3 heteroatoms.